The number of carbonyl (C=O) groups excluding carboxylic acids is 2. The Morgan fingerprint density at radius 2 is 1.68 bits per heavy atom. The highest BCUT2D eigenvalue weighted by molar-refractivity contribution is 6.03. The molecular formula is C24H21F3N6O5. The first-order chi connectivity index (χ1) is 18.0. The Bertz CT molecular complexity index is 1360. The Labute approximate surface area is 213 Å². The highest BCUT2D eigenvalue weighted by atomic mass is 19.4. The van der Waals surface area contributed by atoms with Crippen molar-refractivity contribution in [1.82, 2.24) is 19.9 Å². The minimum atomic E-state index is -4.95. The smallest absolute Gasteiger partial charge is 0.452 e. The van der Waals surface area contributed by atoms with Crippen LogP contribution >= 0.6 is 0 Å². The Morgan fingerprint density at radius 1 is 1.05 bits per heavy atom. The van der Waals surface area contributed by atoms with E-state index in [1.165, 1.54) is 36.4 Å². The van der Waals surface area contributed by atoms with Gasteiger partial charge in [-0.05, 0) is 19.1 Å². The molecule has 0 unspecified atom stereocenters. The quantitative estimate of drug-likeness (QED) is 0.460. The molecule has 1 aromatic carbocycles. The van der Waals surface area contributed by atoms with Gasteiger partial charge in [-0.15, -0.1) is 0 Å². The van der Waals surface area contributed by atoms with Crippen molar-refractivity contribution in [1.29, 1.82) is 0 Å². The number of hydrogen-bond donors (Lipinski definition) is 2. The third-order valence-electron chi connectivity index (χ3n) is 5.57. The normalized spacial score (nSPS) is 14.4. The molecule has 0 spiro atoms. The number of nitrogens with zero attached hydrogens (tertiary/aromatic N) is 5. The molecule has 0 aliphatic carbocycles. The lowest BCUT2D eigenvalue weighted by atomic mass is 10.2. The van der Waals surface area contributed by atoms with Crippen molar-refractivity contribution in [2.24, 2.45) is 0 Å². The van der Waals surface area contributed by atoms with Gasteiger partial charge >= 0.3 is 12.1 Å². The molecule has 1 aliphatic heterocycles. The van der Waals surface area contributed by atoms with Crippen LogP contribution in [0.15, 0.2) is 58.8 Å². The average molecular weight is 530 g/mol. The van der Waals surface area contributed by atoms with Crippen LogP contribution < -0.4 is 10.2 Å². The number of carboxylic acid groups (broad SMARTS) is 1. The van der Waals surface area contributed by atoms with Gasteiger partial charge in [0.15, 0.2) is 5.69 Å². The van der Waals surface area contributed by atoms with Gasteiger partial charge in [0.25, 0.3) is 5.91 Å². The van der Waals surface area contributed by atoms with Gasteiger partial charge in [-0.2, -0.15) is 13.2 Å². The molecule has 1 saturated heterocycles. The van der Waals surface area contributed by atoms with E-state index in [9.17, 15) is 27.6 Å². The van der Waals surface area contributed by atoms with E-state index in [0.717, 1.165) is 6.08 Å². The number of rotatable bonds is 6. The fourth-order valence-electron chi connectivity index (χ4n) is 3.57. The number of carbonyl (C=O) groups is 3. The molecule has 0 radical (unpaired) electrons. The number of hydrogen-bond acceptors (Lipinski definition) is 8. The number of alkyl halides is 3. The SMILES string of the molecule is C/C(=C\C(=O)N1CCN(c2ncc(NC(=O)c3nc(-c4ccccc4)oc3C(F)(F)F)cn2)CC1)C(=O)O. The number of nitrogens with one attached hydrogen (secondary N) is 1. The molecule has 0 bridgehead atoms. The summed E-state index contributed by atoms with van der Waals surface area (Å²) in [5.41, 5.74) is -0.671. The molecule has 0 atom stereocenters. The number of piperazine rings is 1. The van der Waals surface area contributed by atoms with E-state index in [1.807, 2.05) is 0 Å². The number of aromatic nitrogens is 3. The summed E-state index contributed by atoms with van der Waals surface area (Å²) in [6.45, 7) is 2.68. The number of anilines is 2. The predicted octanol–water partition coefficient (Wildman–Crippen LogP) is 3.08. The number of carboxylic acids is 1. The molecule has 38 heavy (non-hydrogen) atoms. The Balaban J connectivity index is 1.42. The predicted molar refractivity (Wildman–Crippen MR) is 127 cm³/mol. The summed E-state index contributed by atoms with van der Waals surface area (Å²) in [7, 11) is 0. The molecule has 2 amide bonds. The van der Waals surface area contributed by atoms with Crippen molar-refractivity contribution in [3.05, 3.63) is 65.8 Å². The van der Waals surface area contributed by atoms with E-state index in [-0.39, 0.29) is 28.7 Å². The number of benzene rings is 1. The van der Waals surface area contributed by atoms with Crippen LogP contribution in [-0.4, -0.2) is 68.9 Å². The van der Waals surface area contributed by atoms with E-state index >= 15 is 0 Å². The first-order valence-electron chi connectivity index (χ1n) is 11.2. The van der Waals surface area contributed by atoms with Gasteiger partial charge < -0.3 is 24.6 Å². The van der Waals surface area contributed by atoms with Crippen molar-refractivity contribution in [3.8, 4) is 11.5 Å². The third kappa shape index (κ3) is 5.96. The standard InChI is InChI=1S/C24H21F3N6O5/c1-14(22(36)37)11-17(34)32-7-9-33(10-8-32)23-28-12-16(13-29-23)30-20(35)18-19(24(25,26)27)38-21(31-18)15-5-3-2-4-6-15/h2-6,11-13H,7-10H2,1H3,(H,30,35)(H,36,37)/b14-11+. The van der Waals surface area contributed by atoms with Crippen LogP contribution in [-0.2, 0) is 15.8 Å². The monoisotopic (exact) mass is 530 g/mol. The summed E-state index contributed by atoms with van der Waals surface area (Å²) in [5, 5.41) is 11.2. The molecule has 198 valence electrons. The zero-order chi connectivity index (χ0) is 27.4. The van der Waals surface area contributed by atoms with E-state index < -0.39 is 35.4 Å². The Morgan fingerprint density at radius 3 is 2.26 bits per heavy atom. The molecule has 2 aromatic heterocycles. The molecular weight excluding hydrogens is 509 g/mol. The van der Waals surface area contributed by atoms with Crippen molar-refractivity contribution in [2.45, 2.75) is 13.1 Å². The van der Waals surface area contributed by atoms with Gasteiger partial charge in [-0.3, -0.25) is 9.59 Å². The summed E-state index contributed by atoms with van der Waals surface area (Å²) in [4.78, 5) is 51.1. The van der Waals surface area contributed by atoms with E-state index in [4.69, 9.17) is 9.52 Å². The van der Waals surface area contributed by atoms with Crippen molar-refractivity contribution in [3.63, 3.8) is 0 Å². The van der Waals surface area contributed by atoms with Crippen LogP contribution in [0.5, 0.6) is 0 Å². The van der Waals surface area contributed by atoms with Crippen LogP contribution in [0.2, 0.25) is 0 Å². The van der Waals surface area contributed by atoms with E-state index in [0.29, 0.717) is 26.2 Å². The fourth-order valence-corrected chi connectivity index (χ4v) is 3.57. The van der Waals surface area contributed by atoms with Gasteiger partial charge in [-0.25, -0.2) is 19.7 Å². The van der Waals surface area contributed by atoms with Crippen molar-refractivity contribution in [2.75, 3.05) is 36.4 Å². The van der Waals surface area contributed by atoms with Gasteiger partial charge in [0.1, 0.15) is 0 Å². The molecule has 2 N–H and O–H groups in total. The van der Waals surface area contributed by atoms with Gasteiger partial charge in [0.05, 0.1) is 18.1 Å². The van der Waals surface area contributed by atoms with Crippen LogP contribution in [0.1, 0.15) is 23.2 Å². The largest absolute Gasteiger partial charge is 0.478 e. The molecule has 4 rings (SSSR count). The van der Waals surface area contributed by atoms with E-state index in [1.54, 1.807) is 23.1 Å². The number of oxazole rings is 1. The fraction of sp³-hybridized carbons (Fsp3) is 0.250. The minimum Gasteiger partial charge on any atom is -0.478 e. The lowest BCUT2D eigenvalue weighted by Crippen LogP contribution is -2.49. The Hall–Kier alpha value is -4.75. The zero-order valence-electron chi connectivity index (χ0n) is 19.9. The highest BCUT2D eigenvalue weighted by Crippen LogP contribution is 2.35. The summed E-state index contributed by atoms with van der Waals surface area (Å²) < 4.78 is 45.4. The molecule has 1 fully saturated rings. The Kier molecular flexibility index (Phi) is 7.41. The van der Waals surface area contributed by atoms with Crippen LogP contribution in [0.4, 0.5) is 24.8 Å². The minimum absolute atomic E-state index is 0.0410. The third-order valence-corrected chi connectivity index (χ3v) is 5.57. The lowest BCUT2D eigenvalue weighted by Gasteiger charge is -2.34. The molecule has 3 heterocycles. The number of aliphatic carboxylic acids is 1. The first kappa shape index (κ1) is 26.3. The van der Waals surface area contributed by atoms with Gasteiger partial charge in [-0.1, -0.05) is 18.2 Å². The average Bonchev–Trinajstić information content (AvgIpc) is 3.36. The molecule has 0 saturated carbocycles. The summed E-state index contributed by atoms with van der Waals surface area (Å²) in [5.74, 6) is -4.31. The summed E-state index contributed by atoms with van der Waals surface area (Å²) >= 11 is 0. The lowest BCUT2D eigenvalue weighted by molar-refractivity contribution is -0.153. The second-order valence-corrected chi connectivity index (χ2v) is 8.23. The summed E-state index contributed by atoms with van der Waals surface area (Å²) in [6, 6.07) is 7.88. The maximum Gasteiger partial charge on any atom is 0.452 e. The first-order valence-corrected chi connectivity index (χ1v) is 11.2. The molecule has 11 nitrogen and oxygen atoms in total. The number of amides is 2. The van der Waals surface area contributed by atoms with E-state index in [2.05, 4.69) is 20.3 Å². The topological polar surface area (TPSA) is 142 Å². The molecule has 3 aromatic rings. The van der Waals surface area contributed by atoms with Crippen LogP contribution in [0.25, 0.3) is 11.5 Å². The van der Waals surface area contributed by atoms with Crippen LogP contribution in [0, 0.1) is 0 Å². The number of halogens is 3. The van der Waals surface area contributed by atoms with Crippen LogP contribution in [0.3, 0.4) is 0 Å². The summed E-state index contributed by atoms with van der Waals surface area (Å²) in [6.07, 6.45) is -1.41. The maximum absolute atomic E-state index is 13.5. The van der Waals surface area contributed by atoms with Gasteiger partial charge in [0.2, 0.25) is 23.5 Å². The molecule has 14 heteroatoms. The highest BCUT2D eigenvalue weighted by Gasteiger charge is 2.42. The van der Waals surface area contributed by atoms with Crippen molar-refractivity contribution >= 4 is 29.4 Å². The second-order valence-electron chi connectivity index (χ2n) is 8.23. The van der Waals surface area contributed by atoms with Gasteiger partial charge in [0, 0.05) is 43.4 Å². The van der Waals surface area contributed by atoms with Crippen molar-refractivity contribution < 1.29 is 37.1 Å². The second kappa shape index (κ2) is 10.7. The maximum atomic E-state index is 13.5. The molecule has 1 aliphatic rings. The zero-order valence-corrected chi connectivity index (χ0v) is 19.9.